The summed E-state index contributed by atoms with van der Waals surface area (Å²) in [6, 6.07) is -6.37. The maximum atomic E-state index is 14.0. The van der Waals surface area contributed by atoms with Gasteiger partial charge in [0.05, 0.1) is 33.0 Å². The molecule has 2 unspecified atom stereocenters. The van der Waals surface area contributed by atoms with Crippen LogP contribution < -0.4 is 37.2 Å². The van der Waals surface area contributed by atoms with E-state index in [-0.39, 0.29) is 39.2 Å². The Hall–Kier alpha value is -7.08. The molecular weight excluding hydrogens is 1840 g/mol. The van der Waals surface area contributed by atoms with E-state index in [0.29, 0.717) is 31.4 Å². The first kappa shape index (κ1) is 128. The van der Waals surface area contributed by atoms with Crippen LogP contribution >= 0.6 is 15.6 Å². The van der Waals surface area contributed by atoms with E-state index in [9.17, 15) is 72.3 Å². The lowest BCUT2D eigenvalue weighted by atomic mass is 9.96. The van der Waals surface area contributed by atoms with Crippen molar-refractivity contribution in [2.24, 2.45) is 0 Å². The highest BCUT2D eigenvalue weighted by molar-refractivity contribution is 7.61. The van der Waals surface area contributed by atoms with Gasteiger partial charge in [-0.05, 0) is 283 Å². The van der Waals surface area contributed by atoms with Gasteiger partial charge in [-0.1, -0.05) is 187 Å². The Morgan fingerprint density at radius 1 is 0.416 bits per heavy atom. The van der Waals surface area contributed by atoms with Crippen LogP contribution in [0.1, 0.15) is 278 Å². The topological polar surface area (TPSA) is 427 Å². The van der Waals surface area contributed by atoms with Crippen molar-refractivity contribution in [2.45, 2.75) is 422 Å². The van der Waals surface area contributed by atoms with E-state index < -0.39 is 186 Å². The Balaban J connectivity index is 2.95. The van der Waals surface area contributed by atoms with Gasteiger partial charge in [-0.25, -0.2) is 23.5 Å². The van der Waals surface area contributed by atoms with Crippen LogP contribution in [0, 0.1) is 0 Å². The molecule has 1 saturated heterocycles. The second kappa shape index (κ2) is 68.2. The first-order valence-electron chi connectivity index (χ1n) is 49.4. The largest absolute Gasteiger partial charge is 0.483 e. The summed E-state index contributed by atoms with van der Waals surface area (Å²) in [6.45, 7) is 50.4. The molecular formula is C102H179N7O23P2Si3. The molecule has 0 bridgehead atoms. The number of aliphatic hydroxyl groups excluding tert-OH is 2. The number of amides is 7. The van der Waals surface area contributed by atoms with Gasteiger partial charge in [-0.15, -0.1) is 0 Å². The van der Waals surface area contributed by atoms with Gasteiger partial charge in [0.1, 0.15) is 60.7 Å². The highest BCUT2D eigenvalue weighted by atomic mass is 31.3. The average molecular weight is 2020 g/mol. The number of hydrogen-bond acceptors (Lipinski definition) is 21. The normalized spacial score (nSPS) is 18.8. The highest BCUT2D eigenvalue weighted by Gasteiger charge is 2.52. The van der Waals surface area contributed by atoms with Crippen molar-refractivity contribution in [2.75, 3.05) is 39.6 Å². The molecule has 1 aliphatic rings. The molecule has 782 valence electrons. The summed E-state index contributed by atoms with van der Waals surface area (Å²) in [7, 11) is -16.0. The SMILES string of the molecule is CC(=O)N[C@H]1[C@@H](OP(=O)(O)OP(=O)(O)OC/C=C(/C)CC/C=C(/C)CC/C=C(/C)CC/C=C(/C)CC/C=C(/C)CC/C=C(/C)CC/C=C(/C)CC/C=C(\C)CC/C=C(\C)CC/C=C(\C)CCC=C(C)C)O[C@H](CO)[C@@H](O)[C@@H]1O[C@H](C)C(=O)N[C@@H](C)C(=O)N[C@H](CCC(=O)N[C@@H](CCCCNC(=O)OCC[Si](C)(C)C)C(=O)N[C@H](C)C(=O)N[C@H](C)C(=O)OCC[Si](C)(C)C)C(=O)OCC[Si](C)(C)C. The van der Waals surface area contributed by atoms with Crippen LogP contribution in [0.4, 0.5) is 4.79 Å². The minimum absolute atomic E-state index is 0.00385. The second-order valence-corrected chi connectivity index (χ2v) is 60.9. The number of carbonyl (C=O) groups excluding carboxylic acids is 9. The third-order valence-corrected chi connectivity index (χ3v) is 30.8. The number of phosphoric ester groups is 2. The van der Waals surface area contributed by atoms with E-state index in [0.717, 1.165) is 134 Å². The van der Waals surface area contributed by atoms with Gasteiger partial charge < -0.3 is 80.9 Å². The van der Waals surface area contributed by atoms with Crippen molar-refractivity contribution in [1.82, 2.24) is 37.2 Å². The third kappa shape index (κ3) is 64.9. The molecule has 0 saturated carbocycles. The van der Waals surface area contributed by atoms with Crippen LogP contribution in [0.25, 0.3) is 0 Å². The van der Waals surface area contributed by atoms with E-state index in [1.54, 1.807) is 6.92 Å². The number of ether oxygens (including phenoxy) is 5. The fourth-order valence-corrected chi connectivity index (χ4v) is 18.2. The number of alkyl carbamates (subject to hydrolysis) is 1. The van der Waals surface area contributed by atoms with Crippen LogP contribution in [0.5, 0.6) is 0 Å². The molecule has 30 nitrogen and oxygen atoms in total. The number of nitrogens with one attached hydrogen (secondary N) is 7. The molecule has 0 aromatic heterocycles. The zero-order valence-corrected chi connectivity index (χ0v) is 93.0. The van der Waals surface area contributed by atoms with Crippen molar-refractivity contribution in [1.29, 1.82) is 0 Å². The lowest BCUT2D eigenvalue weighted by Gasteiger charge is -2.44. The van der Waals surface area contributed by atoms with Crippen molar-refractivity contribution >= 4 is 93.3 Å². The van der Waals surface area contributed by atoms with Crippen molar-refractivity contribution in [3.8, 4) is 0 Å². The van der Waals surface area contributed by atoms with Crippen molar-refractivity contribution < 1.29 is 109 Å². The predicted molar refractivity (Wildman–Crippen MR) is 556 cm³/mol. The quantitative estimate of drug-likeness (QED) is 0.00673. The monoisotopic (exact) mass is 2020 g/mol. The van der Waals surface area contributed by atoms with Crippen LogP contribution in [-0.4, -0.2) is 204 Å². The Morgan fingerprint density at radius 2 is 0.781 bits per heavy atom. The summed E-state index contributed by atoms with van der Waals surface area (Å²) in [6.07, 6.45) is 35.3. The predicted octanol–water partition coefficient (Wildman–Crippen LogP) is 20.1. The number of rotatable bonds is 69. The summed E-state index contributed by atoms with van der Waals surface area (Å²) >= 11 is 0. The number of unbranched alkanes of at least 4 members (excludes halogenated alkanes) is 1. The molecule has 35 heteroatoms. The van der Waals surface area contributed by atoms with Crippen molar-refractivity contribution in [3.05, 3.63) is 128 Å². The standard InChI is InChI=1S/C102H179N7O23P2Si3/c1-72(2)39-29-40-73(3)41-30-42-74(4)43-31-44-75(5)45-32-46-76(6)47-33-48-77(7)49-34-50-78(8)51-35-52-79(9)53-36-54-80(10)55-37-56-81(11)57-38-58-82(12)62-64-128-133(121,122)132-134(123,124)131-101-92(107-87(17)111)94(93(113)90(71-110)130-101)129-86(16)97(116)104-84(14)96(115)109-89(100(119)126-66-69-136(21,22)23)60-61-91(112)108-88(59-27-28-63-103-102(120)127-67-70-137(24,25)26)98(117)105-83(13)95(114)106-85(15)99(118)125-65-68-135(18,19)20/h39,41,43,45,47,49,51,53,55,57,62,83-86,88-90,92-94,101,110,113H,27-38,40,42,44,46,48,50,52,54,56,58-61,63-71H2,1-26H3,(H,103,120)(H,104,116)(H,105,117)(H,106,114)(H,107,111)(H,108,112)(H,109,115)(H,121,122)(H,123,124)/b73-41+,74-43+,75-45+,76-47-,77-49-,78-51-,79-53-,80-55-,81-57-,82-62-/t83-,84+,85-,86-,88+,89-,90-,92-,93-,94-,101-/m1/s1. The van der Waals surface area contributed by atoms with Gasteiger partial charge in [-0.2, -0.15) is 4.31 Å². The molecule has 0 aromatic rings. The molecule has 0 aliphatic carbocycles. The molecule has 1 fully saturated rings. The van der Waals surface area contributed by atoms with E-state index in [2.05, 4.69) is 218 Å². The third-order valence-electron chi connectivity index (χ3n) is 23.0. The van der Waals surface area contributed by atoms with Crippen molar-refractivity contribution in [3.63, 3.8) is 0 Å². The van der Waals surface area contributed by atoms with E-state index in [1.807, 2.05) is 19.6 Å². The van der Waals surface area contributed by atoms with Gasteiger partial charge in [0.15, 0.2) is 6.29 Å². The maximum Gasteiger partial charge on any atom is 0.483 e. The molecule has 0 spiro atoms. The fraction of sp³-hybridized carbons (Fsp3) is 0.696. The van der Waals surface area contributed by atoms with E-state index in [1.165, 1.54) is 89.5 Å². The number of carbonyl (C=O) groups is 9. The Morgan fingerprint density at radius 3 is 1.17 bits per heavy atom. The molecule has 1 rings (SSSR count). The Kier molecular flexibility index (Phi) is 63.7. The number of phosphoric acid groups is 2. The molecule has 1 heterocycles. The zero-order valence-electron chi connectivity index (χ0n) is 88.2. The van der Waals surface area contributed by atoms with Crippen LogP contribution in [-0.2, 0) is 84.5 Å². The van der Waals surface area contributed by atoms with Crippen LogP contribution in [0.2, 0.25) is 77.1 Å². The summed E-state index contributed by atoms with van der Waals surface area (Å²) in [5.41, 5.74) is 15.0. The molecule has 1 aliphatic heterocycles. The van der Waals surface area contributed by atoms with Gasteiger partial charge in [-0.3, -0.25) is 37.8 Å². The Bertz CT molecular complexity index is 4220. The van der Waals surface area contributed by atoms with Gasteiger partial charge in [0.25, 0.3) is 0 Å². The lowest BCUT2D eigenvalue weighted by Crippen LogP contribution is -2.66. The minimum atomic E-state index is -5.77. The molecule has 13 atom stereocenters. The van der Waals surface area contributed by atoms with Gasteiger partial charge in [0.2, 0.25) is 35.4 Å². The number of esters is 2. The second-order valence-electron chi connectivity index (χ2n) is 41.0. The zero-order chi connectivity index (χ0) is 104. The van der Waals surface area contributed by atoms with E-state index >= 15 is 0 Å². The molecule has 7 amide bonds. The summed E-state index contributed by atoms with van der Waals surface area (Å²) < 4.78 is 69.5. The maximum absolute atomic E-state index is 14.0. The lowest BCUT2D eigenvalue weighted by molar-refractivity contribution is -0.261. The molecule has 11 N–H and O–H groups in total. The first-order chi connectivity index (χ1) is 63.9. The number of allylic oxidation sites excluding steroid dienone is 21. The highest BCUT2D eigenvalue weighted by Crippen LogP contribution is 2.61. The molecule has 137 heavy (non-hydrogen) atoms. The average Bonchev–Trinajstić information content (AvgIpc) is 0.780. The Labute approximate surface area is 825 Å². The first-order valence-corrected chi connectivity index (χ1v) is 63.5. The van der Waals surface area contributed by atoms with E-state index in [4.69, 9.17) is 32.7 Å². The van der Waals surface area contributed by atoms with Gasteiger partial charge >= 0.3 is 33.7 Å². The minimum Gasteiger partial charge on any atom is -0.464 e. The molecule has 0 radical (unpaired) electrons. The number of aliphatic hydroxyl groups is 2. The fourth-order valence-electron chi connectivity index (χ4n) is 13.9. The van der Waals surface area contributed by atoms with Crippen LogP contribution in [0.15, 0.2) is 128 Å². The molecule has 0 aromatic carbocycles. The smallest absolute Gasteiger partial charge is 0.464 e. The summed E-state index contributed by atoms with van der Waals surface area (Å²) in [5, 5.41) is 39.6. The van der Waals surface area contributed by atoms with Crippen LogP contribution in [0.3, 0.4) is 0 Å². The summed E-state index contributed by atoms with van der Waals surface area (Å²) in [5.74, 6) is -6.70. The van der Waals surface area contributed by atoms with Gasteiger partial charge in [0, 0.05) is 44.1 Å². The summed E-state index contributed by atoms with van der Waals surface area (Å²) in [4.78, 5) is 143. The number of hydrogen-bond donors (Lipinski definition) is 11.